The zero-order valence-corrected chi connectivity index (χ0v) is 14.7. The fourth-order valence-corrected chi connectivity index (χ4v) is 3.75. The average Bonchev–Trinajstić information content (AvgIpc) is 3.42. The summed E-state index contributed by atoms with van der Waals surface area (Å²) in [4.78, 5) is 19.0. The second-order valence-corrected chi connectivity index (χ2v) is 6.97. The van der Waals surface area contributed by atoms with E-state index < -0.39 is 0 Å². The van der Waals surface area contributed by atoms with Crippen LogP contribution in [0.3, 0.4) is 0 Å². The first-order chi connectivity index (χ1) is 12.2. The molecule has 0 bridgehead atoms. The lowest BCUT2D eigenvalue weighted by Crippen LogP contribution is -2.38. The lowest BCUT2D eigenvalue weighted by Gasteiger charge is -2.22. The third-order valence-electron chi connectivity index (χ3n) is 4.48. The maximum atomic E-state index is 12.6. The first-order valence-corrected chi connectivity index (χ1v) is 9.14. The Labute approximate surface area is 150 Å². The molecular weight excluding hydrogens is 334 g/mol. The van der Waals surface area contributed by atoms with Gasteiger partial charge in [-0.25, -0.2) is 9.67 Å². The highest BCUT2D eigenvalue weighted by Gasteiger charge is 2.25. The van der Waals surface area contributed by atoms with Gasteiger partial charge in [0.1, 0.15) is 10.7 Å². The Kier molecular flexibility index (Phi) is 4.33. The highest BCUT2D eigenvalue weighted by atomic mass is 32.1. The van der Waals surface area contributed by atoms with E-state index in [0.29, 0.717) is 5.69 Å². The van der Waals surface area contributed by atoms with Gasteiger partial charge in [0.05, 0.1) is 11.9 Å². The predicted molar refractivity (Wildman–Crippen MR) is 98.0 cm³/mol. The number of amides is 1. The minimum absolute atomic E-state index is 0.0216. The minimum Gasteiger partial charge on any atom is -0.336 e. The predicted octanol–water partition coefficient (Wildman–Crippen LogP) is 2.43. The van der Waals surface area contributed by atoms with Gasteiger partial charge < -0.3 is 10.2 Å². The number of hydrogen-bond donors (Lipinski definition) is 1. The zero-order chi connectivity index (χ0) is 17.2. The van der Waals surface area contributed by atoms with Gasteiger partial charge in [-0.2, -0.15) is 5.10 Å². The van der Waals surface area contributed by atoms with Gasteiger partial charge in [-0.15, -0.1) is 11.3 Å². The molecule has 1 aliphatic rings. The van der Waals surface area contributed by atoms with Gasteiger partial charge >= 0.3 is 0 Å². The van der Waals surface area contributed by atoms with Crippen molar-refractivity contribution in [3.8, 4) is 16.3 Å². The fraction of sp³-hybridized carbons (Fsp3) is 0.278. The van der Waals surface area contributed by atoms with E-state index in [1.54, 1.807) is 11.1 Å². The minimum atomic E-state index is -0.0216. The molecule has 3 aromatic rings. The first-order valence-electron chi connectivity index (χ1n) is 8.26. The zero-order valence-electron chi connectivity index (χ0n) is 13.9. The molecule has 6 nitrogen and oxygen atoms in total. The number of nitrogens with one attached hydrogen (secondary N) is 1. The lowest BCUT2D eigenvalue weighted by molar-refractivity contribution is 0.0739. The Hall–Kier alpha value is -2.51. The van der Waals surface area contributed by atoms with Gasteiger partial charge in [0.15, 0.2) is 0 Å². The molecule has 1 N–H and O–H groups in total. The van der Waals surface area contributed by atoms with Gasteiger partial charge in [-0.05, 0) is 25.1 Å². The quantitative estimate of drug-likeness (QED) is 0.782. The van der Waals surface area contributed by atoms with Crippen molar-refractivity contribution in [2.24, 2.45) is 0 Å². The summed E-state index contributed by atoms with van der Waals surface area (Å²) >= 11 is 1.47. The summed E-state index contributed by atoms with van der Waals surface area (Å²) in [5, 5.41) is 10.3. The number of thiazole rings is 1. The molecule has 1 aliphatic heterocycles. The highest BCUT2D eigenvalue weighted by Crippen LogP contribution is 2.25. The number of carbonyl (C=O) groups excluding carboxylic acids is 1. The molecule has 7 heteroatoms. The van der Waals surface area contributed by atoms with Crippen LogP contribution in [0.1, 0.15) is 16.9 Å². The number of carbonyl (C=O) groups is 1. The van der Waals surface area contributed by atoms with E-state index in [4.69, 9.17) is 0 Å². The van der Waals surface area contributed by atoms with Crippen molar-refractivity contribution < 1.29 is 4.79 Å². The van der Waals surface area contributed by atoms with Gasteiger partial charge in [0.25, 0.3) is 5.91 Å². The van der Waals surface area contributed by atoms with E-state index in [9.17, 15) is 4.79 Å². The van der Waals surface area contributed by atoms with Crippen LogP contribution in [0.4, 0.5) is 0 Å². The molecule has 4 rings (SSSR count). The molecule has 3 heterocycles. The van der Waals surface area contributed by atoms with E-state index in [2.05, 4.69) is 15.4 Å². The number of nitrogens with zero attached hydrogens (tertiary/aromatic N) is 4. The van der Waals surface area contributed by atoms with Crippen LogP contribution in [0, 0.1) is 0 Å². The molecule has 0 aliphatic carbocycles. The summed E-state index contributed by atoms with van der Waals surface area (Å²) in [5.74, 6) is -0.0216. The summed E-state index contributed by atoms with van der Waals surface area (Å²) in [6.45, 7) is 1.81. The maximum absolute atomic E-state index is 12.6. The largest absolute Gasteiger partial charge is 0.336 e. The molecule has 0 radical (unpaired) electrons. The average molecular weight is 353 g/mol. The standard InChI is InChI=1S/C18H19N5OS/c1-22(15-7-8-19-10-15)18(24)16-12-25-17(21-16)13-9-20-23(11-13)14-5-3-2-4-6-14/h2-6,9,11-12,15,19H,7-8,10H2,1H3/t15-/m0/s1. The topological polar surface area (TPSA) is 63.1 Å². The van der Waals surface area contributed by atoms with Crippen molar-refractivity contribution in [1.82, 2.24) is 25.0 Å². The molecule has 0 spiro atoms. The van der Waals surface area contributed by atoms with Crippen molar-refractivity contribution in [2.45, 2.75) is 12.5 Å². The van der Waals surface area contributed by atoms with Crippen molar-refractivity contribution in [3.63, 3.8) is 0 Å². The molecule has 128 valence electrons. The van der Waals surface area contributed by atoms with E-state index in [0.717, 1.165) is 35.8 Å². The Bertz CT molecular complexity index is 866. The second-order valence-electron chi connectivity index (χ2n) is 6.11. The summed E-state index contributed by atoms with van der Waals surface area (Å²) in [6.07, 6.45) is 4.71. The molecule has 1 saturated heterocycles. The maximum Gasteiger partial charge on any atom is 0.273 e. The molecule has 2 aromatic heterocycles. The SMILES string of the molecule is CN(C(=O)c1csc(-c2cnn(-c3ccccc3)c2)n1)[C@H]1CCNC1. The second kappa shape index (κ2) is 6.78. The molecule has 1 atom stereocenters. The smallest absolute Gasteiger partial charge is 0.273 e. The van der Waals surface area contributed by atoms with E-state index in [-0.39, 0.29) is 11.9 Å². The summed E-state index contributed by atoms with van der Waals surface area (Å²) in [7, 11) is 1.85. The van der Waals surface area contributed by atoms with Crippen LogP contribution in [-0.2, 0) is 0 Å². The highest BCUT2D eigenvalue weighted by molar-refractivity contribution is 7.13. The monoisotopic (exact) mass is 353 g/mol. The Morgan fingerprint density at radius 3 is 2.96 bits per heavy atom. The number of likely N-dealkylation sites (N-methyl/N-ethyl adjacent to an activating group) is 1. The third-order valence-corrected chi connectivity index (χ3v) is 5.37. The molecule has 1 fully saturated rings. The van der Waals surface area contributed by atoms with Crippen LogP contribution in [0.2, 0.25) is 0 Å². The van der Waals surface area contributed by atoms with Crippen molar-refractivity contribution in [3.05, 3.63) is 53.8 Å². The number of rotatable bonds is 4. The molecule has 0 unspecified atom stereocenters. The van der Waals surface area contributed by atoms with E-state index >= 15 is 0 Å². The number of benzene rings is 1. The van der Waals surface area contributed by atoms with Crippen molar-refractivity contribution >= 4 is 17.2 Å². The Morgan fingerprint density at radius 1 is 1.36 bits per heavy atom. The van der Waals surface area contributed by atoms with E-state index in [1.807, 2.05) is 53.6 Å². The van der Waals surface area contributed by atoms with Crippen molar-refractivity contribution in [2.75, 3.05) is 20.1 Å². The van der Waals surface area contributed by atoms with Crippen LogP contribution in [0.25, 0.3) is 16.3 Å². The molecule has 1 aromatic carbocycles. The number of aromatic nitrogens is 3. The van der Waals surface area contributed by atoms with Crippen molar-refractivity contribution in [1.29, 1.82) is 0 Å². The Morgan fingerprint density at radius 2 is 2.20 bits per heavy atom. The Balaban J connectivity index is 1.53. The van der Waals surface area contributed by atoms with Gasteiger partial charge in [0.2, 0.25) is 0 Å². The van der Waals surface area contributed by atoms with Gasteiger partial charge in [0, 0.05) is 36.8 Å². The number of hydrogen-bond acceptors (Lipinski definition) is 5. The van der Waals surface area contributed by atoms with Crippen LogP contribution in [0.5, 0.6) is 0 Å². The van der Waals surface area contributed by atoms with Crippen LogP contribution >= 0.6 is 11.3 Å². The third kappa shape index (κ3) is 3.20. The summed E-state index contributed by atoms with van der Waals surface area (Å²) in [5.41, 5.74) is 2.41. The normalized spacial score (nSPS) is 16.9. The molecular formula is C18H19N5OS. The lowest BCUT2D eigenvalue weighted by atomic mass is 10.2. The number of para-hydroxylation sites is 1. The fourth-order valence-electron chi connectivity index (χ4n) is 2.98. The van der Waals surface area contributed by atoms with Crippen LogP contribution in [-0.4, -0.2) is 51.8 Å². The first kappa shape index (κ1) is 16.0. The van der Waals surface area contributed by atoms with Crippen LogP contribution < -0.4 is 5.32 Å². The van der Waals surface area contributed by atoms with Crippen LogP contribution in [0.15, 0.2) is 48.1 Å². The molecule has 1 amide bonds. The summed E-state index contributed by atoms with van der Waals surface area (Å²) in [6, 6.07) is 10.2. The van der Waals surface area contributed by atoms with Gasteiger partial charge in [-0.1, -0.05) is 18.2 Å². The van der Waals surface area contributed by atoms with Gasteiger partial charge in [-0.3, -0.25) is 4.79 Å². The molecule has 0 saturated carbocycles. The molecule has 25 heavy (non-hydrogen) atoms. The summed E-state index contributed by atoms with van der Waals surface area (Å²) < 4.78 is 1.81. The van der Waals surface area contributed by atoms with E-state index in [1.165, 1.54) is 11.3 Å².